The number of hydrogen-bond acceptors (Lipinski definition) is 5. The number of rotatable bonds is 8. The number of benzene rings is 2. The van der Waals surface area contributed by atoms with Gasteiger partial charge in [0, 0.05) is 29.4 Å². The largest absolute Gasteiger partial charge is 0.490 e. The number of carbonyl (C=O) groups excluding carboxylic acids is 2. The summed E-state index contributed by atoms with van der Waals surface area (Å²) >= 11 is 0. The van der Waals surface area contributed by atoms with Gasteiger partial charge in [0.1, 0.15) is 24.0 Å². The number of para-hydroxylation sites is 1. The van der Waals surface area contributed by atoms with Crippen LogP contribution in [0.15, 0.2) is 90.2 Å². The fraction of sp³-hybridized carbons (Fsp3) is 0.172. The van der Waals surface area contributed by atoms with Crippen LogP contribution in [0.5, 0.6) is 5.75 Å². The summed E-state index contributed by atoms with van der Waals surface area (Å²) in [7, 11) is 0. The first-order valence-corrected chi connectivity index (χ1v) is 11.7. The van der Waals surface area contributed by atoms with E-state index in [1.165, 1.54) is 0 Å². The van der Waals surface area contributed by atoms with Crippen LogP contribution < -0.4 is 4.74 Å². The molecule has 0 atom stereocenters. The van der Waals surface area contributed by atoms with Gasteiger partial charge in [-0.3, -0.25) is 14.5 Å². The number of hydrogen-bond donors (Lipinski definition) is 0. The third kappa shape index (κ3) is 4.75. The maximum Gasteiger partial charge on any atom is 0.271 e. The van der Waals surface area contributed by atoms with Crippen LogP contribution in [0.4, 0.5) is 0 Å². The first kappa shape index (κ1) is 24.4. The molecule has 0 bridgehead atoms. The Bertz CT molecular complexity index is 1410. The highest BCUT2D eigenvalue weighted by Crippen LogP contribution is 2.31. The van der Waals surface area contributed by atoms with Crippen LogP contribution in [0.2, 0.25) is 0 Å². The number of aromatic nitrogens is 2. The third-order valence-corrected chi connectivity index (χ3v) is 5.83. The molecule has 2 aromatic carbocycles. The highest BCUT2D eigenvalue weighted by Gasteiger charge is 2.35. The smallest absolute Gasteiger partial charge is 0.271 e. The molecule has 0 fully saturated rings. The lowest BCUT2D eigenvalue weighted by atomic mass is 9.93. The van der Waals surface area contributed by atoms with Gasteiger partial charge in [0.05, 0.1) is 11.4 Å². The van der Waals surface area contributed by atoms with E-state index in [-0.39, 0.29) is 12.1 Å². The van der Waals surface area contributed by atoms with Crippen molar-refractivity contribution in [3.05, 3.63) is 95.7 Å². The number of carbonyl (C=O) groups is 2. The normalized spacial score (nSPS) is 14.8. The number of nitrogens with zero attached hydrogens (tertiary/aromatic N) is 4. The lowest BCUT2D eigenvalue weighted by Gasteiger charge is -2.27. The van der Waals surface area contributed by atoms with Crippen LogP contribution in [0, 0.1) is 11.3 Å². The molecule has 0 aliphatic carbocycles. The molecule has 36 heavy (non-hydrogen) atoms. The average molecular weight is 479 g/mol. The van der Waals surface area contributed by atoms with E-state index < -0.39 is 11.8 Å². The van der Waals surface area contributed by atoms with Crippen molar-refractivity contribution < 1.29 is 14.3 Å². The quantitative estimate of drug-likeness (QED) is 0.255. The van der Waals surface area contributed by atoms with Crippen molar-refractivity contribution >= 4 is 17.9 Å². The summed E-state index contributed by atoms with van der Waals surface area (Å²) in [5.74, 6) is -0.256. The molecule has 1 aromatic heterocycles. The van der Waals surface area contributed by atoms with E-state index in [4.69, 9.17) is 9.84 Å². The third-order valence-electron chi connectivity index (χ3n) is 5.83. The highest BCUT2D eigenvalue weighted by molar-refractivity contribution is 6.19. The Morgan fingerprint density at radius 3 is 2.44 bits per heavy atom. The summed E-state index contributed by atoms with van der Waals surface area (Å²) in [6, 6.07) is 19.1. The SMILES string of the molecule is C=CCOc1ccc(-c2nn(-c3ccccc3)cc2/C=C2/C(=O)N(CCC)C(=O)C(C#N)=C2C)cc1. The van der Waals surface area contributed by atoms with E-state index in [1.807, 2.05) is 73.8 Å². The molecule has 3 aromatic rings. The molecule has 0 radical (unpaired) electrons. The Morgan fingerprint density at radius 2 is 1.81 bits per heavy atom. The minimum Gasteiger partial charge on any atom is -0.490 e. The molecule has 0 saturated carbocycles. The summed E-state index contributed by atoms with van der Waals surface area (Å²) in [4.78, 5) is 27.2. The molecule has 1 aliphatic rings. The molecular weight excluding hydrogens is 452 g/mol. The van der Waals surface area contributed by atoms with Gasteiger partial charge < -0.3 is 4.74 Å². The summed E-state index contributed by atoms with van der Waals surface area (Å²) in [5, 5.41) is 14.4. The predicted octanol–water partition coefficient (Wildman–Crippen LogP) is 5.11. The van der Waals surface area contributed by atoms with Gasteiger partial charge in [-0.05, 0) is 61.4 Å². The molecule has 1 aliphatic heterocycles. The Hall–Kier alpha value is -4.70. The number of amides is 2. The Kier molecular flexibility index (Phi) is 7.26. The van der Waals surface area contributed by atoms with Gasteiger partial charge in [-0.25, -0.2) is 4.68 Å². The van der Waals surface area contributed by atoms with Crippen LogP contribution in [-0.2, 0) is 9.59 Å². The molecule has 0 spiro atoms. The first-order valence-electron chi connectivity index (χ1n) is 11.7. The first-order chi connectivity index (χ1) is 17.5. The van der Waals surface area contributed by atoms with Crippen molar-refractivity contribution in [1.82, 2.24) is 14.7 Å². The van der Waals surface area contributed by atoms with Gasteiger partial charge in [-0.2, -0.15) is 10.4 Å². The lowest BCUT2D eigenvalue weighted by molar-refractivity contribution is -0.140. The van der Waals surface area contributed by atoms with E-state index in [1.54, 1.807) is 23.8 Å². The van der Waals surface area contributed by atoms with Crippen LogP contribution in [-0.4, -0.2) is 39.6 Å². The van der Waals surface area contributed by atoms with E-state index in [2.05, 4.69) is 6.58 Å². The molecule has 0 N–H and O–H groups in total. The molecule has 180 valence electrons. The van der Waals surface area contributed by atoms with E-state index in [0.717, 1.165) is 16.2 Å². The zero-order valence-corrected chi connectivity index (χ0v) is 20.3. The van der Waals surface area contributed by atoms with Gasteiger partial charge in [0.15, 0.2) is 0 Å². The second-order valence-corrected chi connectivity index (χ2v) is 8.27. The van der Waals surface area contributed by atoms with Crippen molar-refractivity contribution in [2.75, 3.05) is 13.2 Å². The molecular formula is C29H26N4O3. The van der Waals surface area contributed by atoms with Gasteiger partial charge in [-0.1, -0.05) is 37.8 Å². The van der Waals surface area contributed by atoms with Crippen molar-refractivity contribution in [2.24, 2.45) is 0 Å². The molecule has 4 rings (SSSR count). The van der Waals surface area contributed by atoms with Crippen molar-refractivity contribution in [1.29, 1.82) is 5.26 Å². The lowest BCUT2D eigenvalue weighted by Crippen LogP contribution is -2.43. The second kappa shape index (κ2) is 10.7. The zero-order valence-electron chi connectivity index (χ0n) is 20.3. The summed E-state index contributed by atoms with van der Waals surface area (Å²) < 4.78 is 7.34. The van der Waals surface area contributed by atoms with E-state index in [0.29, 0.717) is 41.2 Å². The Labute approximate surface area is 210 Å². The molecule has 2 amide bonds. The monoisotopic (exact) mass is 478 g/mol. The summed E-state index contributed by atoms with van der Waals surface area (Å²) in [6.07, 6.45) is 5.83. The minimum atomic E-state index is -0.547. The van der Waals surface area contributed by atoms with Gasteiger partial charge in [0.2, 0.25) is 0 Å². The summed E-state index contributed by atoms with van der Waals surface area (Å²) in [6.45, 7) is 7.83. The second-order valence-electron chi connectivity index (χ2n) is 8.27. The fourth-order valence-electron chi connectivity index (χ4n) is 4.01. The molecule has 2 heterocycles. The standard InChI is InChI=1S/C29H26N4O3/c1-4-15-32-28(34)25(20(3)26(18-30)29(32)35)17-22-19-33(23-9-7-6-8-10-23)31-27(22)21-11-13-24(14-12-21)36-16-5-2/h5-14,17,19H,2,4,15-16H2,1,3H3/b25-17+. The number of imide groups is 1. The van der Waals surface area contributed by atoms with Gasteiger partial charge >= 0.3 is 0 Å². The van der Waals surface area contributed by atoms with Gasteiger partial charge in [-0.15, -0.1) is 0 Å². The van der Waals surface area contributed by atoms with Crippen LogP contribution in [0.1, 0.15) is 25.8 Å². The van der Waals surface area contributed by atoms with Crippen molar-refractivity contribution in [3.8, 4) is 28.8 Å². The zero-order chi connectivity index (χ0) is 25.7. The Balaban J connectivity index is 1.86. The number of ether oxygens (including phenoxy) is 1. The topological polar surface area (TPSA) is 88.2 Å². The minimum absolute atomic E-state index is 0.0185. The van der Waals surface area contributed by atoms with Crippen LogP contribution >= 0.6 is 0 Å². The highest BCUT2D eigenvalue weighted by atomic mass is 16.5. The van der Waals surface area contributed by atoms with E-state index >= 15 is 0 Å². The molecule has 7 heteroatoms. The van der Waals surface area contributed by atoms with E-state index in [9.17, 15) is 14.9 Å². The Morgan fingerprint density at radius 1 is 1.08 bits per heavy atom. The number of nitriles is 1. The maximum absolute atomic E-state index is 13.3. The van der Waals surface area contributed by atoms with Crippen LogP contribution in [0.25, 0.3) is 23.0 Å². The summed E-state index contributed by atoms with van der Waals surface area (Å²) in [5.41, 5.74) is 3.68. The molecule has 0 saturated heterocycles. The fourth-order valence-corrected chi connectivity index (χ4v) is 4.01. The average Bonchev–Trinajstić information content (AvgIpc) is 3.33. The molecule has 7 nitrogen and oxygen atoms in total. The maximum atomic E-state index is 13.3. The predicted molar refractivity (Wildman–Crippen MR) is 138 cm³/mol. The van der Waals surface area contributed by atoms with Gasteiger partial charge in [0.25, 0.3) is 11.8 Å². The van der Waals surface area contributed by atoms with Crippen molar-refractivity contribution in [3.63, 3.8) is 0 Å². The van der Waals surface area contributed by atoms with Crippen LogP contribution in [0.3, 0.4) is 0 Å². The molecule has 0 unspecified atom stereocenters. The van der Waals surface area contributed by atoms with Crippen molar-refractivity contribution in [2.45, 2.75) is 20.3 Å².